The number of furan rings is 1. The highest BCUT2D eigenvalue weighted by Crippen LogP contribution is 2.30. The minimum Gasteiger partial charge on any atom is -0.532 e. The normalized spacial score (nSPS) is 18.4. The Bertz CT molecular complexity index is 627. The van der Waals surface area contributed by atoms with Gasteiger partial charge in [-0.3, -0.25) is 0 Å². The Kier molecular flexibility index (Phi) is 2.32. The monoisotopic (exact) mass is 242 g/mol. The van der Waals surface area contributed by atoms with Crippen molar-refractivity contribution in [1.82, 2.24) is 0 Å². The maximum absolute atomic E-state index is 5.83. The third kappa shape index (κ3) is 1.64. The van der Waals surface area contributed by atoms with Crippen LogP contribution >= 0.6 is 0 Å². The summed E-state index contributed by atoms with van der Waals surface area (Å²) in [6.45, 7) is 9.76. The van der Waals surface area contributed by atoms with Crippen molar-refractivity contribution >= 4 is 23.7 Å². The largest absolute Gasteiger partial charge is 0.601 e. The van der Waals surface area contributed by atoms with Gasteiger partial charge in [-0.15, -0.1) is 0 Å². The van der Waals surface area contributed by atoms with Crippen LogP contribution in [0.15, 0.2) is 41.0 Å². The summed E-state index contributed by atoms with van der Waals surface area (Å²) in [6.07, 6.45) is 0. The maximum Gasteiger partial charge on any atom is 0.601 e. The molecule has 18 heavy (non-hydrogen) atoms. The minimum absolute atomic E-state index is 0.474. The first-order valence-electron chi connectivity index (χ1n) is 6.00. The highest BCUT2D eigenvalue weighted by atomic mass is 16.7. The summed E-state index contributed by atoms with van der Waals surface area (Å²) in [6, 6.07) is 8.01. The van der Waals surface area contributed by atoms with E-state index in [1.165, 1.54) is 0 Å². The van der Waals surface area contributed by atoms with E-state index in [1.807, 2.05) is 45.0 Å². The van der Waals surface area contributed by atoms with Gasteiger partial charge in [-0.1, -0.05) is 24.8 Å². The Morgan fingerprint density at radius 1 is 1.28 bits per heavy atom. The van der Waals surface area contributed by atoms with Crippen LogP contribution in [0, 0.1) is 6.92 Å². The topological polar surface area (TPSA) is 31.6 Å². The van der Waals surface area contributed by atoms with Crippen molar-refractivity contribution in [2.45, 2.75) is 26.4 Å². The lowest BCUT2D eigenvalue weighted by Crippen LogP contribution is -2.33. The van der Waals surface area contributed by atoms with Gasteiger partial charge in [0.15, 0.2) is 5.66 Å². The number of rotatable bonds is 1. The molecule has 2 aromatic rings. The molecule has 1 aromatic carbocycles. The van der Waals surface area contributed by atoms with E-state index in [-0.39, 0.29) is 0 Å². The zero-order valence-electron chi connectivity index (χ0n) is 10.8. The fourth-order valence-corrected chi connectivity index (χ4v) is 2.09. The first-order chi connectivity index (χ1) is 8.47. The lowest BCUT2D eigenvalue weighted by atomic mass is 9.86. The van der Waals surface area contributed by atoms with Gasteiger partial charge in [-0.25, -0.2) is 0 Å². The van der Waals surface area contributed by atoms with Gasteiger partial charge < -0.3 is 13.7 Å². The summed E-state index contributed by atoms with van der Waals surface area (Å²) >= 11 is 0. The van der Waals surface area contributed by atoms with Gasteiger partial charge in [-0.05, 0) is 32.4 Å². The average Bonchev–Trinajstić information content (AvgIpc) is 2.82. The molecule has 0 spiro atoms. The van der Waals surface area contributed by atoms with Crippen molar-refractivity contribution in [2.75, 3.05) is 0 Å². The van der Waals surface area contributed by atoms with Crippen LogP contribution in [-0.2, 0) is 9.31 Å². The molecule has 4 heteroatoms. The third-order valence-corrected chi connectivity index (χ3v) is 3.31. The standard InChI is InChI=1S/C14H15BO3/c1-9-6-5-7-11-8-12(16-13(9)11)15-17-10(2)14(3,4)18-15/h5-8H,2H2,1,3-4H3. The van der Waals surface area contributed by atoms with Gasteiger partial charge in [0.25, 0.3) is 0 Å². The molecule has 1 aromatic heterocycles. The van der Waals surface area contributed by atoms with Gasteiger partial charge in [-0.2, -0.15) is 0 Å². The Morgan fingerprint density at radius 3 is 2.67 bits per heavy atom. The van der Waals surface area contributed by atoms with Gasteiger partial charge in [0.2, 0.25) is 0 Å². The zero-order valence-corrected chi connectivity index (χ0v) is 10.8. The van der Waals surface area contributed by atoms with Gasteiger partial charge in [0.1, 0.15) is 11.2 Å². The summed E-state index contributed by atoms with van der Waals surface area (Å²) in [7, 11) is -0.501. The smallest absolute Gasteiger partial charge is 0.532 e. The summed E-state index contributed by atoms with van der Waals surface area (Å²) in [5.74, 6) is 0.629. The van der Waals surface area contributed by atoms with E-state index in [2.05, 4.69) is 6.58 Å². The van der Waals surface area contributed by atoms with Crippen LogP contribution < -0.4 is 5.66 Å². The molecule has 0 atom stereocenters. The summed E-state index contributed by atoms with van der Waals surface area (Å²) < 4.78 is 17.3. The molecular weight excluding hydrogens is 227 g/mol. The molecule has 1 aliphatic rings. The molecular formula is C14H15BO3. The van der Waals surface area contributed by atoms with Gasteiger partial charge >= 0.3 is 7.12 Å². The maximum atomic E-state index is 5.83. The molecule has 2 heterocycles. The van der Waals surface area contributed by atoms with Crippen LogP contribution in [0.25, 0.3) is 11.0 Å². The second-order valence-electron chi connectivity index (χ2n) is 5.14. The fourth-order valence-electron chi connectivity index (χ4n) is 2.09. The van der Waals surface area contributed by atoms with Crippen LogP contribution in [0.5, 0.6) is 0 Å². The highest BCUT2D eigenvalue weighted by Gasteiger charge is 2.45. The summed E-state index contributed by atoms with van der Waals surface area (Å²) in [5, 5.41) is 1.06. The molecule has 1 aliphatic heterocycles. The Morgan fingerprint density at radius 2 is 2.06 bits per heavy atom. The van der Waals surface area contributed by atoms with Gasteiger partial charge in [0, 0.05) is 5.39 Å². The second-order valence-corrected chi connectivity index (χ2v) is 5.14. The van der Waals surface area contributed by atoms with Crippen LogP contribution in [0.1, 0.15) is 19.4 Å². The highest BCUT2D eigenvalue weighted by molar-refractivity contribution is 6.61. The van der Waals surface area contributed by atoms with E-state index in [1.54, 1.807) is 0 Å². The Balaban J connectivity index is 2.01. The van der Waals surface area contributed by atoms with Crippen molar-refractivity contribution in [3.63, 3.8) is 0 Å². The van der Waals surface area contributed by atoms with Gasteiger partial charge in [0.05, 0.1) is 5.76 Å². The van der Waals surface area contributed by atoms with Crippen LogP contribution in [-0.4, -0.2) is 12.7 Å². The number of hydrogen-bond donors (Lipinski definition) is 0. The predicted octanol–water partition coefficient (Wildman–Crippen LogP) is 2.78. The molecule has 3 rings (SSSR count). The van der Waals surface area contributed by atoms with Crippen molar-refractivity contribution in [2.24, 2.45) is 0 Å². The van der Waals surface area contributed by atoms with Crippen molar-refractivity contribution in [1.29, 1.82) is 0 Å². The van der Waals surface area contributed by atoms with E-state index < -0.39 is 12.7 Å². The molecule has 92 valence electrons. The molecule has 0 unspecified atom stereocenters. The SMILES string of the molecule is C=C1OB(c2cc3cccc(C)c3o2)OC1(C)C. The quantitative estimate of drug-likeness (QED) is 0.720. The van der Waals surface area contributed by atoms with Crippen LogP contribution in [0.4, 0.5) is 0 Å². The van der Waals surface area contributed by atoms with Crippen molar-refractivity contribution in [3.05, 3.63) is 42.2 Å². The van der Waals surface area contributed by atoms with E-state index >= 15 is 0 Å². The number of hydrogen-bond acceptors (Lipinski definition) is 3. The first-order valence-corrected chi connectivity index (χ1v) is 6.00. The average molecular weight is 242 g/mol. The van der Waals surface area contributed by atoms with Crippen LogP contribution in [0.2, 0.25) is 0 Å². The fraction of sp³-hybridized carbons (Fsp3) is 0.286. The molecule has 0 bridgehead atoms. The van der Waals surface area contributed by atoms with Crippen molar-refractivity contribution < 1.29 is 13.7 Å². The Labute approximate surface area is 107 Å². The minimum atomic E-state index is -0.501. The van der Waals surface area contributed by atoms with E-state index in [4.69, 9.17) is 13.7 Å². The molecule has 0 N–H and O–H groups in total. The molecule has 0 amide bonds. The molecule has 0 aliphatic carbocycles. The lowest BCUT2D eigenvalue weighted by molar-refractivity contribution is 0.172. The molecule has 1 saturated heterocycles. The zero-order chi connectivity index (χ0) is 12.9. The second kappa shape index (κ2) is 3.66. The third-order valence-electron chi connectivity index (χ3n) is 3.31. The predicted molar refractivity (Wildman–Crippen MR) is 71.7 cm³/mol. The number of para-hydroxylation sites is 1. The molecule has 0 radical (unpaired) electrons. The van der Waals surface area contributed by atoms with Crippen molar-refractivity contribution in [3.8, 4) is 0 Å². The van der Waals surface area contributed by atoms with E-state index in [0.717, 1.165) is 16.5 Å². The number of fused-ring (bicyclic) bond motifs is 1. The summed E-state index contributed by atoms with van der Waals surface area (Å²) in [4.78, 5) is 0. The van der Waals surface area contributed by atoms with Crippen LogP contribution in [0.3, 0.4) is 0 Å². The van der Waals surface area contributed by atoms with E-state index in [9.17, 15) is 0 Å². The number of benzene rings is 1. The number of aryl methyl sites for hydroxylation is 1. The Hall–Kier alpha value is -1.68. The van der Waals surface area contributed by atoms with E-state index in [0.29, 0.717) is 11.4 Å². The molecule has 1 fully saturated rings. The lowest BCUT2D eigenvalue weighted by Gasteiger charge is -2.15. The summed E-state index contributed by atoms with van der Waals surface area (Å²) in [5.41, 5.74) is 2.20. The first kappa shape index (κ1) is 11.4. The molecule has 3 nitrogen and oxygen atoms in total. The molecule has 0 saturated carbocycles.